The average molecular weight is 315 g/mol. The second-order valence-electron chi connectivity index (χ2n) is 4.30. The molecule has 1 aliphatic rings. The van der Waals surface area contributed by atoms with Gasteiger partial charge in [-0.05, 0) is 31.7 Å². The molecule has 1 atom stereocenters. The third kappa shape index (κ3) is 3.18. The number of thiocarbonyl (C=S) groups is 1. The minimum Gasteiger partial charge on any atom is -0.488 e. The van der Waals surface area contributed by atoms with Gasteiger partial charge in [0, 0.05) is 17.6 Å². The Hall–Kier alpha value is -0.650. The minimum atomic E-state index is 0.231. The number of halogens is 1. The van der Waals surface area contributed by atoms with Crippen LogP contribution in [0.2, 0.25) is 0 Å². The molecule has 0 aliphatic carbocycles. The summed E-state index contributed by atoms with van der Waals surface area (Å²) < 4.78 is 6.92. The molecule has 0 saturated carbocycles. The van der Waals surface area contributed by atoms with Crippen molar-refractivity contribution in [3.8, 4) is 5.75 Å². The summed E-state index contributed by atoms with van der Waals surface area (Å²) in [4.78, 5) is 2.62. The topological polar surface area (TPSA) is 38.5 Å². The van der Waals surface area contributed by atoms with E-state index in [1.165, 1.54) is 0 Å². The van der Waals surface area contributed by atoms with Crippen LogP contribution < -0.4 is 10.5 Å². The molecule has 0 aromatic heterocycles. The zero-order valence-corrected chi connectivity index (χ0v) is 12.1. The lowest BCUT2D eigenvalue weighted by Gasteiger charge is -2.16. The van der Waals surface area contributed by atoms with Gasteiger partial charge in [0.1, 0.15) is 16.8 Å². The van der Waals surface area contributed by atoms with Crippen LogP contribution >= 0.6 is 28.1 Å². The lowest BCUT2D eigenvalue weighted by Crippen LogP contribution is -2.23. The van der Waals surface area contributed by atoms with Crippen LogP contribution in [0.15, 0.2) is 22.7 Å². The van der Waals surface area contributed by atoms with Crippen molar-refractivity contribution < 1.29 is 4.74 Å². The number of likely N-dealkylation sites (N-methyl/N-ethyl adjacent to an activating group) is 1. The molecule has 0 spiro atoms. The van der Waals surface area contributed by atoms with E-state index in [1.54, 1.807) is 0 Å². The van der Waals surface area contributed by atoms with Gasteiger partial charge in [-0.15, -0.1) is 0 Å². The average Bonchev–Trinajstić information content (AvgIpc) is 2.66. The summed E-state index contributed by atoms with van der Waals surface area (Å²) in [5, 5.41) is 0. The molecule has 1 aliphatic heterocycles. The largest absolute Gasteiger partial charge is 0.488 e. The highest BCUT2D eigenvalue weighted by Crippen LogP contribution is 2.25. The van der Waals surface area contributed by atoms with Crippen LogP contribution in [0.3, 0.4) is 0 Å². The molecule has 1 unspecified atom stereocenters. The van der Waals surface area contributed by atoms with Crippen LogP contribution in [0.25, 0.3) is 0 Å². The van der Waals surface area contributed by atoms with Crippen LogP contribution in [0.1, 0.15) is 12.0 Å². The Bertz CT molecular complexity index is 439. The molecule has 1 aromatic carbocycles. The van der Waals surface area contributed by atoms with Crippen LogP contribution in [-0.2, 0) is 0 Å². The molecule has 1 aromatic rings. The van der Waals surface area contributed by atoms with Crippen molar-refractivity contribution in [3.63, 3.8) is 0 Å². The smallest absolute Gasteiger partial charge is 0.130 e. The molecule has 0 amide bonds. The van der Waals surface area contributed by atoms with Gasteiger partial charge >= 0.3 is 0 Å². The van der Waals surface area contributed by atoms with Crippen molar-refractivity contribution >= 4 is 33.1 Å². The number of hydrogen-bond acceptors (Lipinski definition) is 3. The van der Waals surface area contributed by atoms with Crippen molar-refractivity contribution in [1.82, 2.24) is 4.90 Å². The number of nitrogens with zero attached hydrogens (tertiary/aromatic N) is 1. The van der Waals surface area contributed by atoms with Gasteiger partial charge in [0.15, 0.2) is 0 Å². The van der Waals surface area contributed by atoms with Gasteiger partial charge in [-0.25, -0.2) is 0 Å². The van der Waals surface area contributed by atoms with E-state index in [-0.39, 0.29) is 6.10 Å². The van der Waals surface area contributed by atoms with Crippen molar-refractivity contribution in [2.24, 2.45) is 5.73 Å². The maximum Gasteiger partial charge on any atom is 0.130 e. The number of ether oxygens (including phenoxy) is 1. The van der Waals surface area contributed by atoms with E-state index in [1.807, 2.05) is 18.2 Å². The summed E-state index contributed by atoms with van der Waals surface area (Å²) in [7, 11) is 2.10. The monoisotopic (exact) mass is 314 g/mol. The Morgan fingerprint density at radius 3 is 2.94 bits per heavy atom. The van der Waals surface area contributed by atoms with E-state index in [0.717, 1.165) is 35.3 Å². The van der Waals surface area contributed by atoms with Crippen molar-refractivity contribution in [1.29, 1.82) is 0 Å². The third-order valence-electron chi connectivity index (χ3n) is 2.85. The van der Waals surface area contributed by atoms with Crippen molar-refractivity contribution in [2.75, 3.05) is 20.1 Å². The van der Waals surface area contributed by atoms with Crippen LogP contribution in [0.4, 0.5) is 0 Å². The molecule has 2 rings (SSSR count). The Kier molecular flexibility index (Phi) is 4.01. The van der Waals surface area contributed by atoms with Gasteiger partial charge in [0.05, 0.1) is 5.56 Å². The fourth-order valence-electron chi connectivity index (χ4n) is 1.97. The Morgan fingerprint density at radius 1 is 1.59 bits per heavy atom. The highest BCUT2D eigenvalue weighted by Gasteiger charge is 2.22. The second-order valence-corrected chi connectivity index (χ2v) is 5.65. The first-order valence-corrected chi connectivity index (χ1v) is 6.71. The molecule has 17 heavy (non-hydrogen) atoms. The number of benzene rings is 1. The van der Waals surface area contributed by atoms with Gasteiger partial charge in [-0.2, -0.15) is 0 Å². The molecule has 0 bridgehead atoms. The zero-order chi connectivity index (χ0) is 12.4. The van der Waals surface area contributed by atoms with E-state index in [0.29, 0.717) is 4.99 Å². The molecule has 1 heterocycles. The summed E-state index contributed by atoms with van der Waals surface area (Å²) in [6.45, 7) is 2.02. The minimum absolute atomic E-state index is 0.231. The molecule has 92 valence electrons. The normalized spacial score (nSPS) is 20.5. The fourth-order valence-corrected chi connectivity index (χ4v) is 2.49. The van der Waals surface area contributed by atoms with Gasteiger partial charge in [0.25, 0.3) is 0 Å². The number of nitrogens with two attached hydrogens (primary N) is 1. The van der Waals surface area contributed by atoms with Crippen LogP contribution in [0, 0.1) is 0 Å². The van der Waals surface area contributed by atoms with Crippen molar-refractivity contribution in [2.45, 2.75) is 12.5 Å². The highest BCUT2D eigenvalue weighted by molar-refractivity contribution is 9.10. The molecule has 2 N–H and O–H groups in total. The lowest BCUT2D eigenvalue weighted by atomic mass is 10.2. The number of rotatable bonds is 3. The summed E-state index contributed by atoms with van der Waals surface area (Å²) in [5.41, 5.74) is 6.50. The van der Waals surface area contributed by atoms with Crippen molar-refractivity contribution in [3.05, 3.63) is 28.2 Å². The first kappa shape index (κ1) is 12.8. The number of hydrogen-bond donors (Lipinski definition) is 1. The van der Waals surface area contributed by atoms with E-state index in [4.69, 9.17) is 22.7 Å². The second kappa shape index (κ2) is 5.33. The third-order valence-corrected chi connectivity index (χ3v) is 3.56. The van der Waals surface area contributed by atoms with Gasteiger partial charge in [-0.1, -0.05) is 28.1 Å². The Balaban J connectivity index is 2.17. The van der Waals surface area contributed by atoms with Gasteiger partial charge in [-0.3, -0.25) is 0 Å². The fraction of sp³-hybridized carbons (Fsp3) is 0.417. The highest BCUT2D eigenvalue weighted by atomic mass is 79.9. The van der Waals surface area contributed by atoms with Crippen LogP contribution in [-0.4, -0.2) is 36.1 Å². The molecule has 5 heteroatoms. The summed E-state index contributed by atoms with van der Waals surface area (Å²) in [6.07, 6.45) is 1.28. The summed E-state index contributed by atoms with van der Waals surface area (Å²) >= 11 is 8.45. The first-order valence-electron chi connectivity index (χ1n) is 5.51. The summed E-state index contributed by atoms with van der Waals surface area (Å²) in [6, 6.07) is 5.75. The van der Waals surface area contributed by atoms with E-state index < -0.39 is 0 Å². The first-order chi connectivity index (χ1) is 8.06. The standard InChI is InChI=1S/C12H15BrN2OS/c1-15-5-4-9(7-15)16-11-3-2-8(13)6-10(11)12(14)17/h2-3,6,9H,4-5,7H2,1H3,(H2,14,17). The molecule has 0 radical (unpaired) electrons. The molecular weight excluding hydrogens is 300 g/mol. The maximum absolute atomic E-state index is 5.96. The SMILES string of the molecule is CN1CCC(Oc2ccc(Br)cc2C(N)=S)C1. The van der Waals surface area contributed by atoms with E-state index in [9.17, 15) is 0 Å². The Morgan fingerprint density at radius 2 is 2.35 bits per heavy atom. The summed E-state index contributed by atoms with van der Waals surface area (Å²) in [5.74, 6) is 0.779. The van der Waals surface area contributed by atoms with E-state index in [2.05, 4.69) is 27.9 Å². The number of likely N-dealkylation sites (tertiary alicyclic amines) is 1. The molecule has 3 nitrogen and oxygen atoms in total. The van der Waals surface area contributed by atoms with E-state index >= 15 is 0 Å². The molecule has 1 saturated heterocycles. The molecular formula is C12H15BrN2OS. The van der Waals surface area contributed by atoms with Crippen LogP contribution in [0.5, 0.6) is 5.75 Å². The predicted octanol–water partition coefficient (Wildman–Crippen LogP) is 2.17. The van der Waals surface area contributed by atoms with Gasteiger partial charge < -0.3 is 15.4 Å². The quantitative estimate of drug-likeness (QED) is 0.868. The zero-order valence-electron chi connectivity index (χ0n) is 9.65. The maximum atomic E-state index is 5.96. The Labute approximate surface area is 115 Å². The molecule has 1 fully saturated rings. The lowest BCUT2D eigenvalue weighted by molar-refractivity contribution is 0.208. The predicted molar refractivity (Wildman–Crippen MR) is 76.6 cm³/mol. The van der Waals surface area contributed by atoms with Gasteiger partial charge in [0.2, 0.25) is 0 Å².